The fourth-order valence-electron chi connectivity index (χ4n) is 2.76. The van der Waals surface area contributed by atoms with Gasteiger partial charge in [-0.3, -0.25) is 9.59 Å². The number of likely N-dealkylation sites (N-methyl/N-ethyl adjacent to an activating group) is 1. The maximum Gasteiger partial charge on any atom is 0.261 e. The second-order valence-electron chi connectivity index (χ2n) is 6.50. The molecule has 5 nitrogen and oxygen atoms in total. The van der Waals surface area contributed by atoms with Gasteiger partial charge >= 0.3 is 0 Å². The SMILES string of the molecule is CNC(=O)[C@H](C)N(Cc1ccc(F)cc1)C(=O)COc1ccc(C)cc1C. The lowest BCUT2D eigenvalue weighted by molar-refractivity contribution is -0.142. The topological polar surface area (TPSA) is 58.6 Å². The van der Waals surface area contributed by atoms with E-state index in [-0.39, 0.29) is 30.8 Å². The maximum absolute atomic E-state index is 13.1. The minimum absolute atomic E-state index is 0.184. The van der Waals surface area contributed by atoms with Crippen molar-refractivity contribution in [1.29, 1.82) is 0 Å². The third-order valence-electron chi connectivity index (χ3n) is 4.36. The third kappa shape index (κ3) is 5.54. The van der Waals surface area contributed by atoms with Gasteiger partial charge in [-0.25, -0.2) is 4.39 Å². The second-order valence-corrected chi connectivity index (χ2v) is 6.50. The number of carbonyl (C=O) groups is 2. The second kappa shape index (κ2) is 9.16. The van der Waals surface area contributed by atoms with Gasteiger partial charge in [-0.1, -0.05) is 29.8 Å². The fourth-order valence-corrected chi connectivity index (χ4v) is 2.76. The van der Waals surface area contributed by atoms with Crippen LogP contribution in [0.15, 0.2) is 42.5 Å². The van der Waals surface area contributed by atoms with Crippen LogP contribution in [-0.2, 0) is 16.1 Å². The normalized spacial score (nSPS) is 11.6. The molecule has 2 aromatic carbocycles. The number of aryl methyl sites for hydroxylation is 2. The Morgan fingerprint density at radius 3 is 2.41 bits per heavy atom. The lowest BCUT2D eigenvalue weighted by Gasteiger charge is -2.28. The Morgan fingerprint density at radius 1 is 1.15 bits per heavy atom. The Balaban J connectivity index is 2.14. The number of hydrogen-bond donors (Lipinski definition) is 1. The number of benzene rings is 2. The molecular formula is C21H25FN2O3. The summed E-state index contributed by atoms with van der Waals surface area (Å²) in [4.78, 5) is 26.3. The molecule has 0 fully saturated rings. The first-order valence-corrected chi connectivity index (χ1v) is 8.77. The monoisotopic (exact) mass is 372 g/mol. The zero-order chi connectivity index (χ0) is 20.0. The van der Waals surface area contributed by atoms with Crippen LogP contribution in [0.25, 0.3) is 0 Å². The van der Waals surface area contributed by atoms with Gasteiger partial charge in [0, 0.05) is 13.6 Å². The van der Waals surface area contributed by atoms with Crippen LogP contribution in [0.4, 0.5) is 4.39 Å². The molecule has 0 aromatic heterocycles. The van der Waals surface area contributed by atoms with E-state index >= 15 is 0 Å². The zero-order valence-electron chi connectivity index (χ0n) is 16.1. The first-order valence-electron chi connectivity index (χ1n) is 8.77. The van der Waals surface area contributed by atoms with E-state index in [1.165, 1.54) is 24.1 Å². The van der Waals surface area contributed by atoms with Gasteiger partial charge in [0.05, 0.1) is 0 Å². The molecule has 2 amide bonds. The summed E-state index contributed by atoms with van der Waals surface area (Å²) in [6.07, 6.45) is 0. The van der Waals surface area contributed by atoms with E-state index in [2.05, 4.69) is 5.32 Å². The Hall–Kier alpha value is -2.89. The van der Waals surface area contributed by atoms with Crippen LogP contribution < -0.4 is 10.1 Å². The van der Waals surface area contributed by atoms with Gasteiger partial charge in [-0.05, 0) is 50.1 Å². The number of amides is 2. The van der Waals surface area contributed by atoms with Crippen molar-refractivity contribution >= 4 is 11.8 Å². The maximum atomic E-state index is 13.1. The minimum atomic E-state index is -0.685. The van der Waals surface area contributed by atoms with E-state index in [1.807, 2.05) is 32.0 Å². The highest BCUT2D eigenvalue weighted by Gasteiger charge is 2.26. The Labute approximate surface area is 159 Å². The van der Waals surface area contributed by atoms with Crippen LogP contribution in [0, 0.1) is 19.7 Å². The third-order valence-corrected chi connectivity index (χ3v) is 4.36. The van der Waals surface area contributed by atoms with E-state index in [9.17, 15) is 14.0 Å². The summed E-state index contributed by atoms with van der Waals surface area (Å²) in [5.41, 5.74) is 2.77. The van der Waals surface area contributed by atoms with Gasteiger partial charge < -0.3 is 15.0 Å². The van der Waals surface area contributed by atoms with Crippen LogP contribution in [0.2, 0.25) is 0 Å². The molecule has 144 valence electrons. The van der Waals surface area contributed by atoms with Gasteiger partial charge in [0.25, 0.3) is 5.91 Å². The molecule has 27 heavy (non-hydrogen) atoms. The summed E-state index contributed by atoms with van der Waals surface area (Å²) >= 11 is 0. The molecule has 0 spiro atoms. The molecular weight excluding hydrogens is 347 g/mol. The van der Waals surface area contributed by atoms with Crippen molar-refractivity contribution in [2.45, 2.75) is 33.4 Å². The molecule has 6 heteroatoms. The first kappa shape index (κ1) is 20.4. The van der Waals surface area contributed by atoms with Crippen LogP contribution in [0.3, 0.4) is 0 Å². The van der Waals surface area contributed by atoms with Gasteiger partial charge in [0.2, 0.25) is 5.91 Å². The highest BCUT2D eigenvalue weighted by atomic mass is 19.1. The molecule has 0 aliphatic carbocycles. The summed E-state index contributed by atoms with van der Waals surface area (Å²) in [6.45, 7) is 5.54. The van der Waals surface area contributed by atoms with Crippen molar-refractivity contribution in [2.75, 3.05) is 13.7 Å². The van der Waals surface area contributed by atoms with Crippen molar-refractivity contribution in [2.24, 2.45) is 0 Å². The smallest absolute Gasteiger partial charge is 0.261 e. The summed E-state index contributed by atoms with van der Waals surface area (Å²) < 4.78 is 18.8. The lowest BCUT2D eigenvalue weighted by atomic mass is 10.1. The summed E-state index contributed by atoms with van der Waals surface area (Å²) in [5, 5.41) is 2.55. The molecule has 0 unspecified atom stereocenters. The molecule has 2 rings (SSSR count). The lowest BCUT2D eigenvalue weighted by Crippen LogP contribution is -2.48. The van der Waals surface area contributed by atoms with Crippen molar-refractivity contribution in [3.63, 3.8) is 0 Å². The summed E-state index contributed by atoms with van der Waals surface area (Å²) in [7, 11) is 1.52. The summed E-state index contributed by atoms with van der Waals surface area (Å²) in [5.74, 6) is -0.329. The van der Waals surface area contributed by atoms with Crippen molar-refractivity contribution < 1.29 is 18.7 Å². The van der Waals surface area contributed by atoms with Gasteiger partial charge in [-0.15, -0.1) is 0 Å². The largest absolute Gasteiger partial charge is 0.483 e. The number of halogens is 1. The number of carbonyl (C=O) groups excluding carboxylic acids is 2. The van der Waals surface area contributed by atoms with Crippen molar-refractivity contribution in [3.8, 4) is 5.75 Å². The quantitative estimate of drug-likeness (QED) is 0.813. The van der Waals surface area contributed by atoms with Gasteiger partial charge in [-0.2, -0.15) is 0 Å². The Bertz CT molecular complexity index is 806. The average molecular weight is 372 g/mol. The molecule has 0 aliphatic rings. The number of nitrogens with one attached hydrogen (secondary N) is 1. The highest BCUT2D eigenvalue weighted by molar-refractivity contribution is 5.87. The molecule has 0 radical (unpaired) electrons. The van der Waals surface area contributed by atoms with Crippen LogP contribution in [-0.4, -0.2) is 36.4 Å². The van der Waals surface area contributed by atoms with Crippen LogP contribution >= 0.6 is 0 Å². The molecule has 0 aliphatic heterocycles. The van der Waals surface area contributed by atoms with Crippen molar-refractivity contribution in [1.82, 2.24) is 10.2 Å². The predicted molar refractivity (Wildman–Crippen MR) is 102 cm³/mol. The fraction of sp³-hybridized carbons (Fsp3) is 0.333. The van der Waals surface area contributed by atoms with E-state index < -0.39 is 6.04 Å². The van der Waals surface area contributed by atoms with Crippen LogP contribution in [0.1, 0.15) is 23.6 Å². The molecule has 0 heterocycles. The summed E-state index contributed by atoms with van der Waals surface area (Å²) in [6, 6.07) is 10.9. The van der Waals surface area contributed by atoms with Gasteiger partial charge in [0.1, 0.15) is 17.6 Å². The first-order chi connectivity index (χ1) is 12.8. The van der Waals surface area contributed by atoms with E-state index in [1.54, 1.807) is 19.1 Å². The van der Waals surface area contributed by atoms with Crippen molar-refractivity contribution in [3.05, 3.63) is 65.0 Å². The average Bonchev–Trinajstić information content (AvgIpc) is 2.65. The Kier molecular flexibility index (Phi) is 6.93. The number of nitrogens with zero attached hydrogens (tertiary/aromatic N) is 1. The predicted octanol–water partition coefficient (Wildman–Crippen LogP) is 2.98. The highest BCUT2D eigenvalue weighted by Crippen LogP contribution is 2.19. The minimum Gasteiger partial charge on any atom is -0.483 e. The molecule has 1 N–H and O–H groups in total. The molecule has 1 atom stereocenters. The number of rotatable bonds is 7. The molecule has 0 saturated carbocycles. The molecule has 0 bridgehead atoms. The van der Waals surface area contributed by atoms with Crippen LogP contribution in [0.5, 0.6) is 5.75 Å². The van der Waals surface area contributed by atoms with E-state index in [0.29, 0.717) is 5.75 Å². The number of hydrogen-bond acceptors (Lipinski definition) is 3. The molecule has 0 saturated heterocycles. The van der Waals surface area contributed by atoms with E-state index in [4.69, 9.17) is 4.74 Å². The standard InChI is InChI=1S/C21H25FN2O3/c1-14-5-10-19(15(2)11-14)27-13-20(25)24(16(3)21(26)23-4)12-17-6-8-18(22)9-7-17/h5-11,16H,12-13H2,1-4H3,(H,23,26)/t16-/m0/s1. The van der Waals surface area contributed by atoms with Gasteiger partial charge in [0.15, 0.2) is 6.61 Å². The van der Waals surface area contributed by atoms with E-state index in [0.717, 1.165) is 16.7 Å². The molecule has 2 aromatic rings. The Morgan fingerprint density at radius 2 is 1.81 bits per heavy atom. The zero-order valence-corrected chi connectivity index (χ0v) is 16.1. The number of ether oxygens (including phenoxy) is 1.